The lowest BCUT2D eigenvalue weighted by atomic mass is 9.98. The number of hydrogen-bond acceptors (Lipinski definition) is 5. The number of nitrogens with one attached hydrogen (secondary N) is 2. The van der Waals surface area contributed by atoms with E-state index >= 15 is 0 Å². The SMILES string of the molecule is CCC(C)C(NC(=O)c1ccc(NC(=O)OCC2c3ccccc3-c3ccccc32)cn1)C(=O)O. The van der Waals surface area contributed by atoms with E-state index in [9.17, 15) is 19.5 Å². The van der Waals surface area contributed by atoms with Crippen LogP contribution in [0, 0.1) is 5.92 Å². The molecule has 1 aliphatic carbocycles. The fraction of sp³-hybridized carbons (Fsp3) is 0.259. The van der Waals surface area contributed by atoms with Crippen molar-refractivity contribution in [1.29, 1.82) is 0 Å². The van der Waals surface area contributed by atoms with Crippen molar-refractivity contribution in [3.05, 3.63) is 83.7 Å². The number of amides is 2. The van der Waals surface area contributed by atoms with Crippen molar-refractivity contribution in [2.75, 3.05) is 11.9 Å². The molecule has 180 valence electrons. The molecule has 35 heavy (non-hydrogen) atoms. The molecule has 2 atom stereocenters. The molecule has 3 aromatic rings. The largest absolute Gasteiger partial charge is 0.480 e. The van der Waals surface area contributed by atoms with Crippen LogP contribution in [0.2, 0.25) is 0 Å². The molecule has 2 aromatic carbocycles. The van der Waals surface area contributed by atoms with Gasteiger partial charge in [-0.1, -0.05) is 68.8 Å². The zero-order valence-electron chi connectivity index (χ0n) is 19.5. The number of rotatable bonds is 8. The van der Waals surface area contributed by atoms with Crippen molar-refractivity contribution in [2.45, 2.75) is 32.2 Å². The number of nitrogens with zero attached hydrogens (tertiary/aromatic N) is 1. The van der Waals surface area contributed by atoms with Gasteiger partial charge in [-0.2, -0.15) is 0 Å². The van der Waals surface area contributed by atoms with Crippen LogP contribution in [0.3, 0.4) is 0 Å². The first-order valence-electron chi connectivity index (χ1n) is 11.5. The lowest BCUT2D eigenvalue weighted by Crippen LogP contribution is -2.45. The molecular weight excluding hydrogens is 446 g/mol. The van der Waals surface area contributed by atoms with Crippen molar-refractivity contribution in [2.24, 2.45) is 5.92 Å². The summed E-state index contributed by atoms with van der Waals surface area (Å²) in [5.41, 5.74) is 4.95. The van der Waals surface area contributed by atoms with Crippen LogP contribution in [0.25, 0.3) is 11.1 Å². The summed E-state index contributed by atoms with van der Waals surface area (Å²) in [6, 6.07) is 18.1. The van der Waals surface area contributed by atoms with Crippen LogP contribution in [0.1, 0.15) is 47.8 Å². The van der Waals surface area contributed by atoms with Gasteiger partial charge in [-0.15, -0.1) is 0 Å². The second-order valence-corrected chi connectivity index (χ2v) is 8.56. The molecule has 3 N–H and O–H groups in total. The Morgan fingerprint density at radius 2 is 1.63 bits per heavy atom. The monoisotopic (exact) mass is 473 g/mol. The minimum atomic E-state index is -1.10. The topological polar surface area (TPSA) is 118 Å². The molecule has 0 fully saturated rings. The maximum atomic E-state index is 12.4. The Bertz CT molecular complexity index is 1200. The lowest BCUT2D eigenvalue weighted by molar-refractivity contribution is -0.140. The Morgan fingerprint density at radius 3 is 2.17 bits per heavy atom. The molecule has 8 heteroatoms. The number of fused-ring (bicyclic) bond motifs is 3. The van der Waals surface area contributed by atoms with E-state index in [-0.39, 0.29) is 24.1 Å². The second-order valence-electron chi connectivity index (χ2n) is 8.56. The van der Waals surface area contributed by atoms with Crippen molar-refractivity contribution < 1.29 is 24.2 Å². The van der Waals surface area contributed by atoms with Gasteiger partial charge in [0.1, 0.15) is 18.3 Å². The van der Waals surface area contributed by atoms with E-state index in [2.05, 4.69) is 27.8 Å². The normalized spacial score (nSPS) is 13.8. The van der Waals surface area contributed by atoms with Gasteiger partial charge in [-0.3, -0.25) is 10.1 Å². The van der Waals surface area contributed by atoms with Crippen LogP contribution in [0.4, 0.5) is 10.5 Å². The van der Waals surface area contributed by atoms with Crippen LogP contribution in [0.15, 0.2) is 66.9 Å². The number of benzene rings is 2. The van der Waals surface area contributed by atoms with E-state index in [4.69, 9.17) is 4.74 Å². The highest BCUT2D eigenvalue weighted by molar-refractivity contribution is 5.95. The molecule has 2 amide bonds. The van der Waals surface area contributed by atoms with Crippen LogP contribution in [-0.4, -0.2) is 40.7 Å². The van der Waals surface area contributed by atoms with Crippen molar-refractivity contribution in [3.8, 4) is 11.1 Å². The van der Waals surface area contributed by atoms with Gasteiger partial charge in [0.05, 0.1) is 11.9 Å². The molecule has 1 aromatic heterocycles. The number of anilines is 1. The van der Waals surface area contributed by atoms with Crippen LogP contribution < -0.4 is 10.6 Å². The Labute approximate surface area is 203 Å². The standard InChI is InChI=1S/C27H27N3O5/c1-3-16(2)24(26(32)33)30-25(31)23-13-12-17(14-28-23)29-27(34)35-15-22-20-10-6-4-8-18(20)19-9-5-7-11-21(19)22/h4-14,16,22,24H,3,15H2,1-2H3,(H,29,34)(H,30,31)(H,32,33). The first-order chi connectivity index (χ1) is 16.9. The van der Waals surface area contributed by atoms with E-state index < -0.39 is 24.0 Å². The van der Waals surface area contributed by atoms with E-state index in [1.807, 2.05) is 43.3 Å². The van der Waals surface area contributed by atoms with E-state index in [0.717, 1.165) is 22.3 Å². The molecule has 0 spiro atoms. The Balaban J connectivity index is 1.36. The van der Waals surface area contributed by atoms with Gasteiger partial charge < -0.3 is 15.2 Å². The first-order valence-corrected chi connectivity index (χ1v) is 11.5. The van der Waals surface area contributed by atoms with Gasteiger partial charge in [-0.05, 0) is 40.3 Å². The molecule has 0 bridgehead atoms. The van der Waals surface area contributed by atoms with Crippen LogP contribution in [-0.2, 0) is 9.53 Å². The summed E-state index contributed by atoms with van der Waals surface area (Å²) in [6.45, 7) is 3.79. The molecule has 0 saturated heterocycles. The molecule has 4 rings (SSSR count). The summed E-state index contributed by atoms with van der Waals surface area (Å²) in [4.78, 5) is 40.3. The Morgan fingerprint density at radius 1 is 1.00 bits per heavy atom. The highest BCUT2D eigenvalue weighted by Crippen LogP contribution is 2.44. The van der Waals surface area contributed by atoms with Gasteiger partial charge in [0.15, 0.2) is 0 Å². The summed E-state index contributed by atoms with van der Waals surface area (Å²) in [6.07, 6.45) is 1.30. The van der Waals surface area contributed by atoms with Crippen molar-refractivity contribution >= 4 is 23.7 Å². The molecule has 1 aliphatic rings. The molecule has 0 saturated carbocycles. The maximum absolute atomic E-state index is 12.4. The third kappa shape index (κ3) is 5.16. The summed E-state index contributed by atoms with van der Waals surface area (Å²) in [5, 5.41) is 14.5. The first kappa shape index (κ1) is 23.9. The minimum Gasteiger partial charge on any atom is -0.480 e. The average molecular weight is 474 g/mol. The molecule has 0 radical (unpaired) electrons. The van der Waals surface area contributed by atoms with E-state index in [1.165, 1.54) is 18.3 Å². The predicted molar refractivity (Wildman–Crippen MR) is 131 cm³/mol. The summed E-state index contributed by atoms with van der Waals surface area (Å²) >= 11 is 0. The predicted octanol–water partition coefficient (Wildman–Crippen LogP) is 4.67. The maximum Gasteiger partial charge on any atom is 0.411 e. The third-order valence-corrected chi connectivity index (χ3v) is 6.35. The molecule has 8 nitrogen and oxygen atoms in total. The fourth-order valence-electron chi connectivity index (χ4n) is 4.25. The molecular formula is C27H27N3O5. The second kappa shape index (κ2) is 10.4. The van der Waals surface area contributed by atoms with Crippen molar-refractivity contribution in [1.82, 2.24) is 10.3 Å². The van der Waals surface area contributed by atoms with Gasteiger partial charge in [0.2, 0.25) is 0 Å². The number of carboxylic acid groups (broad SMARTS) is 1. The quantitative estimate of drug-likeness (QED) is 0.438. The van der Waals surface area contributed by atoms with Gasteiger partial charge in [0.25, 0.3) is 5.91 Å². The summed E-state index contributed by atoms with van der Waals surface area (Å²) < 4.78 is 5.52. The van der Waals surface area contributed by atoms with Crippen LogP contribution >= 0.6 is 0 Å². The average Bonchev–Trinajstić information content (AvgIpc) is 3.19. The molecule has 1 heterocycles. The Kier molecular flexibility index (Phi) is 7.10. The molecule has 2 unspecified atom stereocenters. The van der Waals surface area contributed by atoms with Gasteiger partial charge in [-0.25, -0.2) is 14.6 Å². The summed E-state index contributed by atoms with van der Waals surface area (Å²) in [7, 11) is 0. The number of aromatic nitrogens is 1. The zero-order chi connectivity index (χ0) is 24.9. The number of aliphatic carboxylic acids is 1. The van der Waals surface area contributed by atoms with Gasteiger partial charge >= 0.3 is 12.1 Å². The third-order valence-electron chi connectivity index (χ3n) is 6.35. The number of carbonyl (C=O) groups excluding carboxylic acids is 2. The van der Waals surface area contributed by atoms with Gasteiger partial charge in [0, 0.05) is 5.92 Å². The highest BCUT2D eigenvalue weighted by Gasteiger charge is 2.29. The summed E-state index contributed by atoms with van der Waals surface area (Å²) in [5.74, 6) is -1.97. The van der Waals surface area contributed by atoms with Crippen molar-refractivity contribution in [3.63, 3.8) is 0 Å². The van der Waals surface area contributed by atoms with E-state index in [0.29, 0.717) is 12.1 Å². The number of pyridine rings is 1. The number of carbonyl (C=O) groups is 3. The van der Waals surface area contributed by atoms with E-state index in [1.54, 1.807) is 6.92 Å². The van der Waals surface area contributed by atoms with Crippen LogP contribution in [0.5, 0.6) is 0 Å². The fourth-order valence-corrected chi connectivity index (χ4v) is 4.25. The number of hydrogen-bond donors (Lipinski definition) is 3. The molecule has 0 aliphatic heterocycles. The Hall–Kier alpha value is -4.20. The zero-order valence-corrected chi connectivity index (χ0v) is 19.5. The minimum absolute atomic E-state index is 0.0509. The smallest absolute Gasteiger partial charge is 0.411 e. The highest BCUT2D eigenvalue weighted by atomic mass is 16.5. The lowest BCUT2D eigenvalue weighted by Gasteiger charge is -2.19. The number of carboxylic acids is 1. The number of ether oxygens (including phenoxy) is 1.